The van der Waals surface area contributed by atoms with Crippen LogP contribution in [0.15, 0.2) is 48.6 Å². The van der Waals surface area contributed by atoms with Crippen molar-refractivity contribution in [3.05, 3.63) is 48.6 Å². The lowest BCUT2D eigenvalue weighted by Crippen LogP contribution is -2.28. The van der Waals surface area contributed by atoms with Crippen LogP contribution >= 0.6 is 0 Å². The number of carbonyl (C=O) groups excluding carboxylic acids is 2. The van der Waals surface area contributed by atoms with Crippen LogP contribution in [0.25, 0.3) is 0 Å². The number of hydrogen-bond donors (Lipinski definition) is 1. The van der Waals surface area contributed by atoms with Gasteiger partial charge in [0, 0.05) is 12.8 Å². The number of esters is 2. The number of allylic oxidation sites excluding steroid dienone is 8. The summed E-state index contributed by atoms with van der Waals surface area (Å²) in [5, 5.41) is 10.00. The summed E-state index contributed by atoms with van der Waals surface area (Å²) < 4.78 is 49.4. The minimum absolute atomic E-state index is 0.116. The van der Waals surface area contributed by atoms with Crippen molar-refractivity contribution < 1.29 is 31.0 Å². The lowest BCUT2D eigenvalue weighted by molar-refractivity contribution is -0.161. The summed E-state index contributed by atoms with van der Waals surface area (Å²) in [4.78, 5) is 24.9. The van der Waals surface area contributed by atoms with Gasteiger partial charge in [-0.05, 0) is 57.8 Å². The molecule has 1 N–H and O–H groups in total. The van der Waals surface area contributed by atoms with Crippen LogP contribution in [-0.4, -0.2) is 36.2 Å². The Balaban J connectivity index is 4.25. The third-order valence-corrected chi connectivity index (χ3v) is 8.02. The monoisotopic (exact) mass is 664 g/mol. The van der Waals surface area contributed by atoms with Gasteiger partial charge in [0.05, 0.1) is 13.4 Å². The second-order valence-electron chi connectivity index (χ2n) is 12.5. The first-order valence-electron chi connectivity index (χ1n) is 21.7. The van der Waals surface area contributed by atoms with E-state index >= 15 is 0 Å². The molecule has 0 saturated carbocycles. The number of hydrogen-bond acceptors (Lipinski definition) is 5. The van der Waals surface area contributed by atoms with Crippen molar-refractivity contribution in [2.45, 2.75) is 193 Å². The van der Waals surface area contributed by atoms with E-state index < -0.39 is 31.1 Å². The maximum atomic E-state index is 12.5. The fourth-order valence-corrected chi connectivity index (χ4v) is 5.12. The lowest BCUT2D eigenvalue weighted by atomic mass is 10.0. The molecule has 0 aromatic carbocycles. The topological polar surface area (TPSA) is 72.8 Å². The van der Waals surface area contributed by atoms with Crippen molar-refractivity contribution in [3.63, 3.8) is 0 Å². The molecule has 1 atom stereocenters. The van der Waals surface area contributed by atoms with Gasteiger partial charge in [-0.1, -0.05) is 165 Å². The molecule has 0 unspecified atom stereocenters. The second-order valence-corrected chi connectivity index (χ2v) is 12.5. The van der Waals surface area contributed by atoms with Crippen LogP contribution in [-0.2, 0) is 19.1 Å². The van der Waals surface area contributed by atoms with E-state index in [9.17, 15) is 14.7 Å². The van der Waals surface area contributed by atoms with Gasteiger partial charge in [-0.15, -0.1) is 0 Å². The molecule has 0 aromatic rings. The first-order valence-corrected chi connectivity index (χ1v) is 19.2. The predicted molar refractivity (Wildman–Crippen MR) is 200 cm³/mol. The summed E-state index contributed by atoms with van der Waals surface area (Å²) in [7, 11) is 0. The maximum absolute atomic E-state index is 12.5. The number of unbranched alkanes of at least 4 members (excludes halogenated alkanes) is 19. The van der Waals surface area contributed by atoms with Crippen LogP contribution in [0.5, 0.6) is 0 Å². The molecule has 5 heteroatoms. The van der Waals surface area contributed by atoms with Gasteiger partial charge in [0.2, 0.25) is 0 Å². The molecule has 47 heavy (non-hydrogen) atoms. The molecule has 0 aliphatic rings. The molecular weight excluding hydrogens is 584 g/mol. The Morgan fingerprint density at radius 2 is 0.915 bits per heavy atom. The Morgan fingerprint density at radius 1 is 0.553 bits per heavy atom. The SMILES string of the molecule is [2H]C([2H])(O)[C@]([2H])(OC(=O)CCCCC/C=C\C/C=C\C/C=C\C/C=C\CCCCC)C([2H])([2H])OC(=O)CCCCCCCCCCCCCCCC. The van der Waals surface area contributed by atoms with Crippen molar-refractivity contribution in [1.29, 1.82) is 0 Å². The second kappa shape index (κ2) is 38.3. The molecule has 272 valence electrons. The molecule has 0 fully saturated rings. The highest BCUT2D eigenvalue weighted by atomic mass is 16.6. The van der Waals surface area contributed by atoms with Gasteiger partial charge in [-0.2, -0.15) is 0 Å². The number of rotatable bonds is 35. The first kappa shape index (κ1) is 36.1. The number of ether oxygens (including phenoxy) is 2. The van der Waals surface area contributed by atoms with Gasteiger partial charge < -0.3 is 14.6 Å². The van der Waals surface area contributed by atoms with Crippen molar-refractivity contribution in [3.8, 4) is 0 Å². The van der Waals surface area contributed by atoms with E-state index in [0.29, 0.717) is 19.3 Å². The van der Waals surface area contributed by atoms with Gasteiger partial charge in [-0.25, -0.2) is 0 Å². The van der Waals surface area contributed by atoms with Crippen LogP contribution in [0.1, 0.15) is 194 Å². The highest BCUT2D eigenvalue weighted by molar-refractivity contribution is 5.70. The summed E-state index contributed by atoms with van der Waals surface area (Å²) in [6.07, 6.45) is 39.9. The number of carbonyl (C=O) groups is 2. The summed E-state index contributed by atoms with van der Waals surface area (Å²) in [6.45, 7) is -2.59. The molecule has 5 nitrogen and oxygen atoms in total. The van der Waals surface area contributed by atoms with Crippen molar-refractivity contribution in [1.82, 2.24) is 0 Å². The molecular formula is C42H74O5. The van der Waals surface area contributed by atoms with Crippen molar-refractivity contribution >= 4 is 11.9 Å². The van der Waals surface area contributed by atoms with Gasteiger partial charge in [0.1, 0.15) is 6.56 Å². The standard InChI is InChI=1S/C42H74O5/c1-3-5-7-9-11-13-15-17-19-20-21-22-23-25-27-29-31-33-35-37-42(45)47-40(38-43)39-46-41(44)36-34-32-30-28-26-24-18-16-14-12-10-8-6-4-2/h11,13,17,19,21-22,25,27,40,43H,3-10,12,14-16,18,20,23-24,26,28-39H2,1-2H3/b13-11-,19-17-,22-21-,27-25-/t40-/m0/s1/i38D2,39D2,40D. The Labute approximate surface area is 297 Å². The van der Waals surface area contributed by atoms with Gasteiger partial charge in [0.25, 0.3) is 0 Å². The summed E-state index contributed by atoms with van der Waals surface area (Å²) in [6, 6.07) is 0. The zero-order valence-corrected chi connectivity index (χ0v) is 30.3. The van der Waals surface area contributed by atoms with E-state index in [1.165, 1.54) is 77.0 Å². The average Bonchev–Trinajstić information content (AvgIpc) is 3.08. The van der Waals surface area contributed by atoms with Crippen LogP contribution < -0.4 is 0 Å². The van der Waals surface area contributed by atoms with Crippen LogP contribution in [0, 0.1) is 0 Å². The summed E-state index contributed by atoms with van der Waals surface area (Å²) in [5.74, 6) is -2.02. The Kier molecular flexibility index (Phi) is 29.5. The van der Waals surface area contributed by atoms with Gasteiger partial charge >= 0.3 is 11.9 Å². The maximum Gasteiger partial charge on any atom is 0.306 e. The molecule has 0 saturated heterocycles. The van der Waals surface area contributed by atoms with E-state index in [4.69, 9.17) is 16.3 Å². The molecule has 0 heterocycles. The van der Waals surface area contributed by atoms with Crippen LogP contribution in [0.3, 0.4) is 0 Å². The summed E-state index contributed by atoms with van der Waals surface area (Å²) in [5.41, 5.74) is 0. The average molecular weight is 664 g/mol. The fourth-order valence-electron chi connectivity index (χ4n) is 5.12. The highest BCUT2D eigenvalue weighted by Crippen LogP contribution is 2.14. The Morgan fingerprint density at radius 3 is 1.38 bits per heavy atom. The largest absolute Gasteiger partial charge is 0.462 e. The first-order chi connectivity index (χ1) is 24.9. The van der Waals surface area contributed by atoms with Crippen molar-refractivity contribution in [2.75, 3.05) is 13.1 Å². The van der Waals surface area contributed by atoms with Crippen LogP contribution in [0.4, 0.5) is 0 Å². The minimum atomic E-state index is -3.62. The minimum Gasteiger partial charge on any atom is -0.462 e. The van der Waals surface area contributed by atoms with E-state index in [1.54, 1.807) is 0 Å². The molecule has 0 amide bonds. The Hall–Kier alpha value is -2.14. The smallest absolute Gasteiger partial charge is 0.306 e. The summed E-state index contributed by atoms with van der Waals surface area (Å²) >= 11 is 0. The highest BCUT2D eigenvalue weighted by Gasteiger charge is 2.16. The molecule has 0 spiro atoms. The van der Waals surface area contributed by atoms with E-state index in [1.807, 2.05) is 0 Å². The fraction of sp³-hybridized carbons (Fsp3) is 0.762. The predicted octanol–water partition coefficient (Wildman–Crippen LogP) is 12.2. The van der Waals surface area contributed by atoms with E-state index in [2.05, 4.69) is 62.5 Å². The third-order valence-electron chi connectivity index (χ3n) is 8.02. The third kappa shape index (κ3) is 36.5. The van der Waals surface area contributed by atoms with E-state index in [-0.39, 0.29) is 12.8 Å². The quantitative estimate of drug-likeness (QED) is 0.0415. The number of aliphatic hydroxyl groups is 1. The molecule has 0 aromatic heterocycles. The Bertz CT molecular complexity index is 1010. The lowest BCUT2D eigenvalue weighted by Gasteiger charge is -2.15. The molecule has 0 rings (SSSR count). The van der Waals surface area contributed by atoms with Crippen LogP contribution in [0.2, 0.25) is 0 Å². The van der Waals surface area contributed by atoms with E-state index in [0.717, 1.165) is 64.2 Å². The van der Waals surface area contributed by atoms with Crippen molar-refractivity contribution in [2.24, 2.45) is 0 Å². The normalized spacial score (nSPS) is 15.5. The zero-order chi connectivity index (χ0) is 38.8. The zero-order valence-electron chi connectivity index (χ0n) is 35.3. The van der Waals surface area contributed by atoms with Gasteiger partial charge in [-0.3, -0.25) is 9.59 Å². The molecule has 0 bridgehead atoms. The molecule has 0 aliphatic carbocycles. The van der Waals surface area contributed by atoms with Gasteiger partial charge in [0.15, 0.2) is 6.08 Å². The molecule has 0 aliphatic heterocycles. The molecule has 0 radical (unpaired) electrons.